The van der Waals surface area contributed by atoms with Crippen molar-refractivity contribution in [1.82, 2.24) is 9.97 Å². The van der Waals surface area contributed by atoms with Crippen LogP contribution in [0.3, 0.4) is 0 Å². The van der Waals surface area contributed by atoms with Crippen LogP contribution in [-0.4, -0.2) is 23.6 Å². The first-order chi connectivity index (χ1) is 9.74. The molecule has 0 bridgehead atoms. The van der Waals surface area contributed by atoms with E-state index in [9.17, 15) is 0 Å². The van der Waals surface area contributed by atoms with Gasteiger partial charge in [0.25, 0.3) is 0 Å². The molecule has 1 aromatic carbocycles. The minimum atomic E-state index is 0.869. The van der Waals surface area contributed by atoms with E-state index in [-0.39, 0.29) is 0 Å². The molecule has 4 heteroatoms. The molecule has 0 fully saturated rings. The molecule has 0 aliphatic heterocycles. The number of aromatic nitrogens is 2. The standard InChI is InChI=1S/C16H22N4/c1-4-10-17-15-11-16(19-12-18-15)20(3)14-8-6-13(5-2)7-9-14/h6-9,11-12H,4-5,10H2,1-3H3,(H,17,18,19). The lowest BCUT2D eigenvalue weighted by Gasteiger charge is -2.19. The molecule has 2 rings (SSSR count). The molecule has 0 radical (unpaired) electrons. The Bertz CT molecular complexity index is 536. The quantitative estimate of drug-likeness (QED) is 0.870. The third-order valence-electron chi connectivity index (χ3n) is 3.28. The molecule has 0 saturated carbocycles. The van der Waals surface area contributed by atoms with E-state index >= 15 is 0 Å². The lowest BCUT2D eigenvalue weighted by molar-refractivity contribution is 0.962. The SMILES string of the molecule is CCCNc1cc(N(C)c2ccc(CC)cc2)ncn1. The molecule has 1 aromatic heterocycles. The maximum Gasteiger partial charge on any atom is 0.138 e. The van der Waals surface area contributed by atoms with Crippen molar-refractivity contribution in [2.75, 3.05) is 23.8 Å². The fourth-order valence-electron chi connectivity index (χ4n) is 1.97. The van der Waals surface area contributed by atoms with Gasteiger partial charge in [0.1, 0.15) is 18.0 Å². The molecule has 1 heterocycles. The summed E-state index contributed by atoms with van der Waals surface area (Å²) in [5, 5.41) is 3.28. The monoisotopic (exact) mass is 270 g/mol. The van der Waals surface area contributed by atoms with Crippen LogP contribution in [0.5, 0.6) is 0 Å². The van der Waals surface area contributed by atoms with Crippen LogP contribution in [0.25, 0.3) is 0 Å². The first-order valence-corrected chi connectivity index (χ1v) is 7.13. The molecule has 0 spiro atoms. The molecule has 0 saturated heterocycles. The number of anilines is 3. The Kier molecular flexibility index (Phi) is 4.93. The zero-order valence-electron chi connectivity index (χ0n) is 12.4. The first kappa shape index (κ1) is 14.3. The number of rotatable bonds is 6. The van der Waals surface area contributed by atoms with E-state index < -0.39 is 0 Å². The highest BCUT2D eigenvalue weighted by molar-refractivity contribution is 5.61. The van der Waals surface area contributed by atoms with Gasteiger partial charge in [0.15, 0.2) is 0 Å². The molecule has 0 amide bonds. The van der Waals surface area contributed by atoms with Crippen LogP contribution in [0.2, 0.25) is 0 Å². The van der Waals surface area contributed by atoms with Gasteiger partial charge in [0.2, 0.25) is 0 Å². The summed E-state index contributed by atoms with van der Waals surface area (Å²) in [5.74, 6) is 1.76. The largest absolute Gasteiger partial charge is 0.370 e. The van der Waals surface area contributed by atoms with Gasteiger partial charge < -0.3 is 10.2 Å². The summed E-state index contributed by atoms with van der Waals surface area (Å²) in [4.78, 5) is 10.6. The zero-order chi connectivity index (χ0) is 14.4. The highest BCUT2D eigenvalue weighted by Crippen LogP contribution is 2.23. The van der Waals surface area contributed by atoms with Gasteiger partial charge >= 0.3 is 0 Å². The Morgan fingerprint density at radius 2 is 1.85 bits per heavy atom. The Labute approximate surface area is 120 Å². The summed E-state index contributed by atoms with van der Waals surface area (Å²) in [7, 11) is 2.02. The number of hydrogen-bond donors (Lipinski definition) is 1. The molecular formula is C16H22N4. The van der Waals surface area contributed by atoms with Crippen molar-refractivity contribution in [3.8, 4) is 0 Å². The van der Waals surface area contributed by atoms with Crippen LogP contribution in [-0.2, 0) is 6.42 Å². The van der Waals surface area contributed by atoms with Crippen LogP contribution in [0, 0.1) is 0 Å². The highest BCUT2D eigenvalue weighted by Gasteiger charge is 2.06. The molecule has 1 N–H and O–H groups in total. The van der Waals surface area contributed by atoms with E-state index in [0.717, 1.165) is 36.7 Å². The molecule has 0 unspecified atom stereocenters. The van der Waals surface area contributed by atoms with Crippen LogP contribution in [0.1, 0.15) is 25.8 Å². The molecular weight excluding hydrogens is 248 g/mol. The number of benzene rings is 1. The molecule has 106 valence electrons. The predicted molar refractivity (Wildman–Crippen MR) is 84.7 cm³/mol. The van der Waals surface area contributed by atoms with Crippen LogP contribution in [0.4, 0.5) is 17.3 Å². The number of aryl methyl sites for hydroxylation is 1. The maximum absolute atomic E-state index is 4.34. The maximum atomic E-state index is 4.34. The lowest BCUT2D eigenvalue weighted by atomic mass is 10.1. The molecule has 2 aromatic rings. The second kappa shape index (κ2) is 6.89. The molecule has 20 heavy (non-hydrogen) atoms. The Hall–Kier alpha value is -2.10. The smallest absolute Gasteiger partial charge is 0.138 e. The van der Waals surface area contributed by atoms with Gasteiger partial charge in [-0.1, -0.05) is 26.0 Å². The molecule has 0 aliphatic rings. The summed E-state index contributed by atoms with van der Waals surface area (Å²) < 4.78 is 0. The Morgan fingerprint density at radius 3 is 2.50 bits per heavy atom. The molecule has 0 atom stereocenters. The first-order valence-electron chi connectivity index (χ1n) is 7.13. The van der Waals surface area contributed by atoms with Crippen LogP contribution in [0.15, 0.2) is 36.7 Å². The molecule has 0 aliphatic carbocycles. The minimum Gasteiger partial charge on any atom is -0.370 e. The predicted octanol–water partition coefficient (Wildman–Crippen LogP) is 3.63. The number of nitrogens with one attached hydrogen (secondary N) is 1. The second-order valence-corrected chi connectivity index (χ2v) is 4.77. The van der Waals surface area contributed by atoms with Gasteiger partial charge in [-0.25, -0.2) is 9.97 Å². The third-order valence-corrected chi connectivity index (χ3v) is 3.28. The third kappa shape index (κ3) is 3.47. The van der Waals surface area contributed by atoms with Crippen molar-refractivity contribution < 1.29 is 0 Å². The van der Waals surface area contributed by atoms with E-state index in [1.807, 2.05) is 13.1 Å². The zero-order valence-corrected chi connectivity index (χ0v) is 12.4. The van der Waals surface area contributed by atoms with Crippen molar-refractivity contribution in [3.63, 3.8) is 0 Å². The summed E-state index contributed by atoms with van der Waals surface area (Å²) >= 11 is 0. The van der Waals surface area contributed by atoms with Crippen molar-refractivity contribution in [2.45, 2.75) is 26.7 Å². The van der Waals surface area contributed by atoms with Gasteiger partial charge in [0, 0.05) is 25.3 Å². The Balaban J connectivity index is 2.16. The summed E-state index contributed by atoms with van der Waals surface area (Å²) in [6, 6.07) is 10.5. The highest BCUT2D eigenvalue weighted by atomic mass is 15.2. The van der Waals surface area contributed by atoms with E-state index in [0.29, 0.717) is 0 Å². The fraction of sp³-hybridized carbons (Fsp3) is 0.375. The van der Waals surface area contributed by atoms with Gasteiger partial charge in [-0.05, 0) is 30.5 Å². The lowest BCUT2D eigenvalue weighted by Crippen LogP contribution is -2.12. The number of nitrogens with zero attached hydrogens (tertiary/aromatic N) is 3. The average Bonchev–Trinajstić information content (AvgIpc) is 2.52. The second-order valence-electron chi connectivity index (χ2n) is 4.77. The average molecular weight is 270 g/mol. The summed E-state index contributed by atoms with van der Waals surface area (Å²) in [5.41, 5.74) is 2.47. The van der Waals surface area contributed by atoms with Gasteiger partial charge in [0.05, 0.1) is 0 Å². The van der Waals surface area contributed by atoms with Gasteiger partial charge in [-0.15, -0.1) is 0 Å². The van der Waals surface area contributed by atoms with Crippen molar-refractivity contribution in [3.05, 3.63) is 42.2 Å². The van der Waals surface area contributed by atoms with Crippen molar-refractivity contribution in [1.29, 1.82) is 0 Å². The topological polar surface area (TPSA) is 41.0 Å². The normalized spacial score (nSPS) is 10.3. The van der Waals surface area contributed by atoms with Gasteiger partial charge in [-0.3, -0.25) is 0 Å². The fourth-order valence-corrected chi connectivity index (χ4v) is 1.97. The van der Waals surface area contributed by atoms with Crippen molar-refractivity contribution >= 4 is 17.3 Å². The van der Waals surface area contributed by atoms with Crippen LogP contribution >= 0.6 is 0 Å². The van der Waals surface area contributed by atoms with Crippen molar-refractivity contribution in [2.24, 2.45) is 0 Å². The van der Waals surface area contributed by atoms with Gasteiger partial charge in [-0.2, -0.15) is 0 Å². The summed E-state index contributed by atoms with van der Waals surface area (Å²) in [6.45, 7) is 5.22. The van der Waals surface area contributed by atoms with E-state index in [4.69, 9.17) is 0 Å². The number of hydrogen-bond acceptors (Lipinski definition) is 4. The van der Waals surface area contributed by atoms with E-state index in [2.05, 4.69) is 58.3 Å². The summed E-state index contributed by atoms with van der Waals surface area (Å²) in [6.07, 6.45) is 3.74. The van der Waals surface area contributed by atoms with E-state index in [1.54, 1.807) is 6.33 Å². The van der Waals surface area contributed by atoms with Crippen LogP contribution < -0.4 is 10.2 Å². The molecule has 4 nitrogen and oxygen atoms in total. The van der Waals surface area contributed by atoms with E-state index in [1.165, 1.54) is 5.56 Å². The minimum absolute atomic E-state index is 0.869. The Morgan fingerprint density at radius 1 is 1.10 bits per heavy atom.